The molecule has 0 radical (unpaired) electrons. The Morgan fingerprint density at radius 1 is 0.833 bits per heavy atom. The van der Waals surface area contributed by atoms with Gasteiger partial charge in [0, 0.05) is 6.42 Å². The fraction of sp³-hybridized carbons (Fsp3) is 0.556. The molecule has 0 fully saturated rings. The van der Waals surface area contributed by atoms with Crippen LogP contribution >= 0.6 is 0 Å². The minimum atomic E-state index is 0.856. The molecule has 0 aliphatic carbocycles. The Hall–Kier alpha value is -1.22. The van der Waals surface area contributed by atoms with Crippen LogP contribution in [0.1, 0.15) is 66.2 Å². The summed E-state index contributed by atoms with van der Waals surface area (Å²) in [4.78, 5) is 0. The van der Waals surface area contributed by atoms with E-state index >= 15 is 0 Å². The first-order chi connectivity index (χ1) is 8.56. The monoisotopic (exact) mass is 244 g/mol. The van der Waals surface area contributed by atoms with Crippen molar-refractivity contribution in [1.29, 1.82) is 0 Å². The Morgan fingerprint density at radius 3 is 1.83 bits per heavy atom. The first kappa shape index (κ1) is 16.8. The third-order valence-electron chi connectivity index (χ3n) is 2.90. The second-order valence-electron chi connectivity index (χ2n) is 5.20. The van der Waals surface area contributed by atoms with Crippen LogP contribution in [0.15, 0.2) is 34.9 Å². The van der Waals surface area contributed by atoms with Crippen molar-refractivity contribution in [3.8, 4) is 12.3 Å². The second-order valence-corrected chi connectivity index (χ2v) is 5.20. The number of hydrogen-bond donors (Lipinski definition) is 0. The average molecular weight is 244 g/mol. The molecule has 100 valence electrons. The van der Waals surface area contributed by atoms with Gasteiger partial charge < -0.3 is 0 Å². The van der Waals surface area contributed by atoms with Crippen LogP contribution in [0, 0.1) is 12.3 Å². The predicted octanol–water partition coefficient (Wildman–Crippen LogP) is 5.82. The van der Waals surface area contributed by atoms with E-state index in [1.165, 1.54) is 29.6 Å². The third kappa shape index (κ3) is 11.3. The highest BCUT2D eigenvalue weighted by molar-refractivity contribution is 5.05. The van der Waals surface area contributed by atoms with E-state index in [2.05, 4.69) is 51.8 Å². The molecule has 0 bridgehead atoms. The summed E-state index contributed by atoms with van der Waals surface area (Å²) >= 11 is 0. The number of terminal acetylenes is 1. The van der Waals surface area contributed by atoms with Gasteiger partial charge in [-0.15, -0.1) is 12.3 Å². The van der Waals surface area contributed by atoms with E-state index in [1.807, 2.05) is 0 Å². The molecule has 0 saturated carbocycles. The highest BCUT2D eigenvalue weighted by Crippen LogP contribution is 2.11. The number of unbranched alkanes of at least 4 members (excludes halogenated alkanes) is 1. The van der Waals surface area contributed by atoms with Crippen LogP contribution in [0.3, 0.4) is 0 Å². The first-order valence-corrected chi connectivity index (χ1v) is 6.94. The van der Waals surface area contributed by atoms with E-state index in [9.17, 15) is 0 Å². The van der Waals surface area contributed by atoms with Gasteiger partial charge in [-0.1, -0.05) is 34.9 Å². The molecule has 0 aromatic rings. The van der Waals surface area contributed by atoms with Crippen LogP contribution in [0.4, 0.5) is 0 Å². The summed E-state index contributed by atoms with van der Waals surface area (Å²) in [5.74, 6) is 2.67. The molecule has 0 atom stereocenters. The maximum Gasteiger partial charge on any atom is 0.0121 e. The van der Waals surface area contributed by atoms with Crippen molar-refractivity contribution in [2.75, 3.05) is 0 Å². The number of rotatable bonds is 8. The molecule has 0 aromatic heterocycles. The molecule has 0 spiro atoms. The maximum absolute atomic E-state index is 5.23. The Labute approximate surface area is 114 Å². The first-order valence-electron chi connectivity index (χ1n) is 6.94. The zero-order chi connectivity index (χ0) is 13.8. The van der Waals surface area contributed by atoms with E-state index in [0.717, 1.165) is 25.7 Å². The second kappa shape index (κ2) is 10.9. The van der Waals surface area contributed by atoms with Gasteiger partial charge in [-0.05, 0) is 59.8 Å². The lowest BCUT2D eigenvalue weighted by Crippen LogP contribution is -1.81. The summed E-state index contributed by atoms with van der Waals surface area (Å²) in [6.45, 7) is 8.74. The highest BCUT2D eigenvalue weighted by Gasteiger charge is 1.91. The van der Waals surface area contributed by atoms with Gasteiger partial charge in [0.1, 0.15) is 0 Å². The molecule has 0 heterocycles. The van der Waals surface area contributed by atoms with Crippen molar-refractivity contribution < 1.29 is 0 Å². The quantitative estimate of drug-likeness (QED) is 0.287. The molecule has 0 amide bonds. The van der Waals surface area contributed by atoms with Gasteiger partial charge in [0.05, 0.1) is 0 Å². The van der Waals surface area contributed by atoms with Gasteiger partial charge in [0.15, 0.2) is 0 Å². The van der Waals surface area contributed by atoms with Gasteiger partial charge in [-0.3, -0.25) is 0 Å². The van der Waals surface area contributed by atoms with E-state index in [0.29, 0.717) is 0 Å². The molecular weight excluding hydrogens is 216 g/mol. The lowest BCUT2D eigenvalue weighted by atomic mass is 10.1. The molecule has 18 heavy (non-hydrogen) atoms. The number of hydrogen-bond acceptors (Lipinski definition) is 0. The van der Waals surface area contributed by atoms with Gasteiger partial charge in [0.2, 0.25) is 0 Å². The van der Waals surface area contributed by atoms with Crippen LogP contribution < -0.4 is 0 Å². The van der Waals surface area contributed by atoms with E-state index < -0.39 is 0 Å². The summed E-state index contributed by atoms with van der Waals surface area (Å²) in [6, 6.07) is 0. The van der Waals surface area contributed by atoms with Crippen molar-refractivity contribution in [3.05, 3.63) is 34.9 Å². The van der Waals surface area contributed by atoms with Gasteiger partial charge in [-0.2, -0.15) is 0 Å². The normalized spacial score (nSPS) is 12.2. The topological polar surface area (TPSA) is 0 Å². The fourth-order valence-electron chi connectivity index (χ4n) is 1.74. The Bertz CT molecular complexity index is 341. The lowest BCUT2D eigenvalue weighted by molar-refractivity contribution is 0.909. The smallest absolute Gasteiger partial charge is 0.0121 e. The SMILES string of the molecule is C#CCCC=C(C)CCC=C(C)CCC=C(C)C. The van der Waals surface area contributed by atoms with Gasteiger partial charge >= 0.3 is 0 Å². The van der Waals surface area contributed by atoms with Crippen LogP contribution in [0.2, 0.25) is 0 Å². The van der Waals surface area contributed by atoms with Crippen molar-refractivity contribution in [1.82, 2.24) is 0 Å². The molecule has 0 saturated heterocycles. The summed E-state index contributed by atoms with van der Waals surface area (Å²) in [6.07, 6.45) is 18.7. The number of allylic oxidation sites excluding steroid dienone is 6. The lowest BCUT2D eigenvalue weighted by Gasteiger charge is -2.01. The third-order valence-corrected chi connectivity index (χ3v) is 2.90. The molecule has 0 unspecified atom stereocenters. The zero-order valence-electron chi connectivity index (χ0n) is 12.6. The van der Waals surface area contributed by atoms with Crippen molar-refractivity contribution in [2.24, 2.45) is 0 Å². The molecule has 0 heteroatoms. The van der Waals surface area contributed by atoms with E-state index in [-0.39, 0.29) is 0 Å². The molecule has 0 rings (SSSR count). The molecule has 0 aliphatic heterocycles. The molecule has 0 aliphatic rings. The molecular formula is C18H28. The minimum absolute atomic E-state index is 0.856. The van der Waals surface area contributed by atoms with E-state index in [4.69, 9.17) is 6.42 Å². The summed E-state index contributed by atoms with van der Waals surface area (Å²) in [5, 5.41) is 0. The van der Waals surface area contributed by atoms with Crippen LogP contribution in [0.5, 0.6) is 0 Å². The molecule has 0 nitrogen and oxygen atoms in total. The Kier molecular flexibility index (Phi) is 10.2. The van der Waals surface area contributed by atoms with Crippen molar-refractivity contribution in [3.63, 3.8) is 0 Å². The van der Waals surface area contributed by atoms with Crippen LogP contribution in [-0.2, 0) is 0 Å². The summed E-state index contributed by atoms with van der Waals surface area (Å²) in [5.41, 5.74) is 4.37. The Balaban J connectivity index is 3.83. The average Bonchev–Trinajstić information content (AvgIpc) is 2.29. The Morgan fingerprint density at radius 2 is 1.33 bits per heavy atom. The largest absolute Gasteiger partial charge is 0.120 e. The van der Waals surface area contributed by atoms with Crippen LogP contribution in [-0.4, -0.2) is 0 Å². The summed E-state index contributed by atoms with van der Waals surface area (Å²) < 4.78 is 0. The standard InChI is InChI=1S/C18H28/c1-6-7-8-12-17(4)14-10-15-18(5)13-9-11-16(2)3/h1,11-12,15H,7-10,13-14H2,2-5H3. The minimum Gasteiger partial charge on any atom is -0.120 e. The van der Waals surface area contributed by atoms with Crippen LogP contribution in [0.25, 0.3) is 0 Å². The molecule has 0 aromatic carbocycles. The maximum atomic E-state index is 5.23. The molecule has 0 N–H and O–H groups in total. The van der Waals surface area contributed by atoms with E-state index in [1.54, 1.807) is 0 Å². The highest BCUT2D eigenvalue weighted by atomic mass is 14.0. The van der Waals surface area contributed by atoms with Crippen molar-refractivity contribution in [2.45, 2.75) is 66.2 Å². The van der Waals surface area contributed by atoms with Crippen molar-refractivity contribution >= 4 is 0 Å². The zero-order valence-corrected chi connectivity index (χ0v) is 12.6. The summed E-state index contributed by atoms with van der Waals surface area (Å²) in [7, 11) is 0. The predicted molar refractivity (Wildman–Crippen MR) is 83.5 cm³/mol. The van der Waals surface area contributed by atoms with Gasteiger partial charge in [-0.25, -0.2) is 0 Å². The van der Waals surface area contributed by atoms with Gasteiger partial charge in [0.25, 0.3) is 0 Å². The fourth-order valence-corrected chi connectivity index (χ4v) is 1.74.